The maximum absolute atomic E-state index is 10.7. The molecular formula is C13H18N2O3. The highest BCUT2D eigenvalue weighted by atomic mass is 16.6. The monoisotopic (exact) mass is 250 g/mol. The third-order valence-electron chi connectivity index (χ3n) is 3.33. The van der Waals surface area contributed by atoms with E-state index < -0.39 is 0 Å². The number of hydrogen-bond acceptors (Lipinski definition) is 4. The molecule has 0 amide bonds. The summed E-state index contributed by atoms with van der Waals surface area (Å²) in [5.74, 6) is 0.729. The first-order valence-corrected chi connectivity index (χ1v) is 6.16. The minimum atomic E-state index is -0.366. The van der Waals surface area contributed by atoms with E-state index in [0.717, 1.165) is 31.7 Å². The van der Waals surface area contributed by atoms with Gasteiger partial charge in [-0.1, -0.05) is 0 Å². The van der Waals surface area contributed by atoms with Crippen molar-refractivity contribution >= 4 is 5.69 Å². The van der Waals surface area contributed by atoms with Crippen LogP contribution in [0.2, 0.25) is 0 Å². The first kappa shape index (κ1) is 12.8. The van der Waals surface area contributed by atoms with Gasteiger partial charge in [-0.3, -0.25) is 10.1 Å². The summed E-state index contributed by atoms with van der Waals surface area (Å²) in [4.78, 5) is 12.6. The molecule has 0 spiro atoms. The number of ether oxygens (including phenoxy) is 1. The average molecular weight is 250 g/mol. The molecule has 5 nitrogen and oxygen atoms in total. The summed E-state index contributed by atoms with van der Waals surface area (Å²) < 4.78 is 5.87. The van der Waals surface area contributed by atoms with Crippen LogP contribution >= 0.6 is 0 Å². The molecule has 2 rings (SSSR count). The van der Waals surface area contributed by atoms with Gasteiger partial charge >= 0.3 is 0 Å². The predicted octanol–water partition coefficient (Wildman–Crippen LogP) is 2.38. The minimum absolute atomic E-state index is 0.144. The molecule has 18 heavy (non-hydrogen) atoms. The van der Waals surface area contributed by atoms with Crippen molar-refractivity contribution in [1.29, 1.82) is 0 Å². The molecule has 1 heterocycles. The largest absolute Gasteiger partial charge is 0.490 e. The second-order valence-electron chi connectivity index (χ2n) is 4.83. The summed E-state index contributed by atoms with van der Waals surface area (Å²) in [6, 6.07) is 4.94. The van der Waals surface area contributed by atoms with Crippen LogP contribution in [0, 0.1) is 17.0 Å². The molecule has 5 heteroatoms. The van der Waals surface area contributed by atoms with Crippen molar-refractivity contribution in [2.45, 2.75) is 25.9 Å². The number of nitrogens with zero attached hydrogens (tertiary/aromatic N) is 2. The Hall–Kier alpha value is -1.62. The van der Waals surface area contributed by atoms with Gasteiger partial charge < -0.3 is 9.64 Å². The fraction of sp³-hybridized carbons (Fsp3) is 0.538. The number of aryl methyl sites for hydroxylation is 1. The normalized spacial score (nSPS) is 17.7. The Bertz CT molecular complexity index is 440. The van der Waals surface area contributed by atoms with Crippen molar-refractivity contribution in [3.05, 3.63) is 33.9 Å². The van der Waals surface area contributed by atoms with Gasteiger partial charge in [0, 0.05) is 24.7 Å². The van der Waals surface area contributed by atoms with E-state index in [1.807, 2.05) is 0 Å². The highest BCUT2D eigenvalue weighted by molar-refractivity contribution is 5.44. The number of rotatable bonds is 3. The van der Waals surface area contributed by atoms with Crippen LogP contribution in [0.3, 0.4) is 0 Å². The van der Waals surface area contributed by atoms with E-state index in [1.54, 1.807) is 19.1 Å². The Labute approximate surface area is 107 Å². The molecule has 0 atom stereocenters. The first-order chi connectivity index (χ1) is 8.56. The van der Waals surface area contributed by atoms with Gasteiger partial charge in [0.15, 0.2) is 0 Å². The Balaban J connectivity index is 2.02. The zero-order valence-electron chi connectivity index (χ0n) is 10.8. The Kier molecular flexibility index (Phi) is 3.81. The number of benzene rings is 1. The van der Waals surface area contributed by atoms with Crippen LogP contribution in [-0.2, 0) is 0 Å². The fourth-order valence-electron chi connectivity index (χ4n) is 2.20. The molecule has 1 fully saturated rings. The van der Waals surface area contributed by atoms with Crippen LogP contribution in [0.25, 0.3) is 0 Å². The first-order valence-electron chi connectivity index (χ1n) is 6.16. The summed E-state index contributed by atoms with van der Waals surface area (Å²) in [6.07, 6.45) is 2.24. The third-order valence-corrected chi connectivity index (χ3v) is 3.33. The summed E-state index contributed by atoms with van der Waals surface area (Å²) in [6.45, 7) is 3.81. The van der Waals surface area contributed by atoms with Crippen LogP contribution < -0.4 is 4.74 Å². The molecule has 98 valence electrons. The molecule has 1 aromatic rings. The summed E-state index contributed by atoms with van der Waals surface area (Å²) >= 11 is 0. The van der Waals surface area contributed by atoms with Gasteiger partial charge in [0.05, 0.1) is 4.92 Å². The van der Waals surface area contributed by atoms with E-state index in [9.17, 15) is 10.1 Å². The quantitative estimate of drug-likeness (QED) is 0.610. The lowest BCUT2D eigenvalue weighted by Gasteiger charge is -2.29. The molecule has 1 aromatic carbocycles. The van der Waals surface area contributed by atoms with Crippen LogP contribution in [0.5, 0.6) is 5.75 Å². The zero-order valence-corrected chi connectivity index (χ0v) is 10.8. The van der Waals surface area contributed by atoms with Gasteiger partial charge in [-0.15, -0.1) is 0 Å². The molecule has 1 aliphatic rings. The topological polar surface area (TPSA) is 55.6 Å². The summed E-state index contributed by atoms with van der Waals surface area (Å²) in [5.41, 5.74) is 0.788. The van der Waals surface area contributed by atoms with Crippen molar-refractivity contribution in [1.82, 2.24) is 4.90 Å². The van der Waals surface area contributed by atoms with Gasteiger partial charge in [-0.05, 0) is 38.9 Å². The van der Waals surface area contributed by atoms with Crippen molar-refractivity contribution in [3.8, 4) is 5.75 Å². The molecule has 0 saturated carbocycles. The lowest BCUT2D eigenvalue weighted by Crippen LogP contribution is -2.35. The molecular weight excluding hydrogens is 232 g/mol. The van der Waals surface area contributed by atoms with Gasteiger partial charge in [0.2, 0.25) is 0 Å². The molecule has 0 aliphatic carbocycles. The van der Waals surface area contributed by atoms with Gasteiger partial charge in [-0.25, -0.2) is 0 Å². The fourth-order valence-corrected chi connectivity index (χ4v) is 2.20. The van der Waals surface area contributed by atoms with E-state index in [4.69, 9.17) is 4.74 Å². The lowest BCUT2D eigenvalue weighted by atomic mass is 10.1. The van der Waals surface area contributed by atoms with E-state index in [-0.39, 0.29) is 16.7 Å². The number of piperidine rings is 1. The lowest BCUT2D eigenvalue weighted by molar-refractivity contribution is -0.385. The smallest absolute Gasteiger partial charge is 0.272 e. The van der Waals surface area contributed by atoms with Crippen molar-refractivity contribution in [2.75, 3.05) is 20.1 Å². The van der Waals surface area contributed by atoms with Gasteiger partial charge in [-0.2, -0.15) is 0 Å². The number of likely N-dealkylation sites (tertiary alicyclic amines) is 1. The second-order valence-corrected chi connectivity index (χ2v) is 4.83. The van der Waals surface area contributed by atoms with Crippen LogP contribution in [0.1, 0.15) is 18.4 Å². The molecule has 1 aliphatic heterocycles. The van der Waals surface area contributed by atoms with Gasteiger partial charge in [0.25, 0.3) is 5.69 Å². The zero-order chi connectivity index (χ0) is 13.1. The molecule has 0 aromatic heterocycles. The maximum atomic E-state index is 10.7. The van der Waals surface area contributed by atoms with Crippen molar-refractivity contribution in [2.24, 2.45) is 0 Å². The average Bonchev–Trinajstić information content (AvgIpc) is 2.32. The third kappa shape index (κ3) is 2.98. The van der Waals surface area contributed by atoms with Crippen molar-refractivity contribution in [3.63, 3.8) is 0 Å². The number of nitro benzene ring substituents is 1. The molecule has 0 radical (unpaired) electrons. The summed E-state index contributed by atoms with van der Waals surface area (Å²) in [7, 11) is 2.10. The van der Waals surface area contributed by atoms with E-state index in [2.05, 4.69) is 11.9 Å². The standard InChI is InChI=1S/C13H18N2O3/c1-10-9-12(3-4-13(10)15(16)17)18-11-5-7-14(2)8-6-11/h3-4,9,11H,5-8H2,1-2H3. The molecule has 0 bridgehead atoms. The number of nitro groups is 1. The SMILES string of the molecule is Cc1cc(OC2CCN(C)CC2)ccc1[N+](=O)[O-]. The van der Waals surface area contributed by atoms with Crippen LogP contribution in [0.15, 0.2) is 18.2 Å². The highest BCUT2D eigenvalue weighted by Gasteiger charge is 2.19. The molecule has 0 unspecified atom stereocenters. The Morgan fingerprint density at radius 3 is 2.61 bits per heavy atom. The number of hydrogen-bond donors (Lipinski definition) is 0. The van der Waals surface area contributed by atoms with Gasteiger partial charge in [0.1, 0.15) is 11.9 Å². The van der Waals surface area contributed by atoms with Crippen LogP contribution in [-0.4, -0.2) is 36.1 Å². The second kappa shape index (κ2) is 5.35. The molecule has 1 saturated heterocycles. The maximum Gasteiger partial charge on any atom is 0.272 e. The van der Waals surface area contributed by atoms with E-state index >= 15 is 0 Å². The minimum Gasteiger partial charge on any atom is -0.490 e. The Morgan fingerprint density at radius 2 is 2.06 bits per heavy atom. The van der Waals surface area contributed by atoms with E-state index in [0.29, 0.717) is 5.56 Å². The van der Waals surface area contributed by atoms with E-state index in [1.165, 1.54) is 6.07 Å². The molecule has 0 N–H and O–H groups in total. The van der Waals surface area contributed by atoms with Crippen LogP contribution in [0.4, 0.5) is 5.69 Å². The summed E-state index contributed by atoms with van der Waals surface area (Å²) in [5, 5.41) is 10.7. The Morgan fingerprint density at radius 1 is 1.39 bits per heavy atom. The van der Waals surface area contributed by atoms with Crippen molar-refractivity contribution < 1.29 is 9.66 Å². The highest BCUT2D eigenvalue weighted by Crippen LogP contribution is 2.25. The predicted molar refractivity (Wildman–Crippen MR) is 69.0 cm³/mol.